The summed E-state index contributed by atoms with van der Waals surface area (Å²) in [5, 5.41) is 0. The summed E-state index contributed by atoms with van der Waals surface area (Å²) in [6.45, 7) is 6.38. The van der Waals surface area contributed by atoms with Gasteiger partial charge in [-0.15, -0.1) is 0 Å². The van der Waals surface area contributed by atoms with Crippen LogP contribution in [0.25, 0.3) is 0 Å². The average molecular weight is 960 g/mol. The Morgan fingerprint density at radius 1 is 0.304 bits per heavy atom. The fourth-order valence-corrected chi connectivity index (χ4v) is 7.80. The minimum atomic E-state index is -0.800. The van der Waals surface area contributed by atoms with Crippen molar-refractivity contribution in [2.24, 2.45) is 0 Å². The quantitative estimate of drug-likeness (QED) is 0.0262. The van der Waals surface area contributed by atoms with E-state index >= 15 is 0 Å². The fraction of sp³-hybridized carbons (Fsp3) is 0.698. The van der Waals surface area contributed by atoms with Crippen LogP contribution in [0, 0.1) is 0 Å². The first-order valence-corrected chi connectivity index (χ1v) is 28.7. The molecule has 0 radical (unpaired) electrons. The van der Waals surface area contributed by atoms with Crippen molar-refractivity contribution in [3.63, 3.8) is 0 Å². The van der Waals surface area contributed by atoms with Crippen LogP contribution in [0.4, 0.5) is 0 Å². The smallest absolute Gasteiger partial charge is 0.306 e. The van der Waals surface area contributed by atoms with Crippen molar-refractivity contribution in [2.45, 2.75) is 271 Å². The van der Waals surface area contributed by atoms with Crippen molar-refractivity contribution >= 4 is 17.9 Å². The van der Waals surface area contributed by atoms with Crippen LogP contribution in [-0.2, 0) is 28.6 Å². The van der Waals surface area contributed by atoms with Gasteiger partial charge < -0.3 is 14.2 Å². The summed E-state index contributed by atoms with van der Waals surface area (Å²) in [6, 6.07) is 0. The molecule has 0 amide bonds. The molecule has 0 aliphatic heterocycles. The molecule has 0 heterocycles. The number of ether oxygens (including phenoxy) is 3. The van der Waals surface area contributed by atoms with Gasteiger partial charge >= 0.3 is 17.9 Å². The summed E-state index contributed by atoms with van der Waals surface area (Å²) >= 11 is 0. The topological polar surface area (TPSA) is 78.9 Å². The fourth-order valence-electron chi connectivity index (χ4n) is 7.80. The number of hydrogen-bond acceptors (Lipinski definition) is 6. The molecule has 0 spiro atoms. The molecule has 0 saturated heterocycles. The lowest BCUT2D eigenvalue weighted by molar-refractivity contribution is -0.167. The number of carbonyl (C=O) groups is 3. The second-order valence-electron chi connectivity index (χ2n) is 18.8. The Morgan fingerprint density at radius 3 is 0.899 bits per heavy atom. The van der Waals surface area contributed by atoms with Crippen LogP contribution in [0.2, 0.25) is 0 Å². The third-order valence-electron chi connectivity index (χ3n) is 12.1. The second kappa shape index (κ2) is 56.9. The molecule has 0 aromatic rings. The maximum atomic E-state index is 12.9. The van der Waals surface area contributed by atoms with E-state index in [-0.39, 0.29) is 31.1 Å². The Bertz CT molecular complexity index is 1380. The van der Waals surface area contributed by atoms with Crippen LogP contribution in [0.3, 0.4) is 0 Å². The molecule has 0 rings (SSSR count). The molecule has 0 aromatic heterocycles. The first-order chi connectivity index (χ1) is 34.0. The number of allylic oxidation sites excluding steroid dienone is 16. The molecule has 6 nitrogen and oxygen atoms in total. The Labute approximate surface area is 426 Å². The molecule has 6 heteroatoms. The zero-order chi connectivity index (χ0) is 50.0. The number of hydrogen-bond donors (Lipinski definition) is 0. The highest BCUT2D eigenvalue weighted by molar-refractivity contribution is 5.71. The number of unbranched alkanes of at least 4 members (excludes halogenated alkanes) is 24. The van der Waals surface area contributed by atoms with Gasteiger partial charge in [-0.25, -0.2) is 0 Å². The molecule has 0 fully saturated rings. The second-order valence-corrected chi connectivity index (χ2v) is 18.8. The van der Waals surface area contributed by atoms with Crippen LogP contribution >= 0.6 is 0 Å². The number of esters is 3. The van der Waals surface area contributed by atoms with E-state index in [1.807, 2.05) is 0 Å². The van der Waals surface area contributed by atoms with Crippen LogP contribution in [-0.4, -0.2) is 37.2 Å². The summed E-state index contributed by atoms with van der Waals surface area (Å²) in [7, 11) is 0. The predicted molar refractivity (Wildman–Crippen MR) is 297 cm³/mol. The molecule has 1 atom stereocenters. The number of rotatable bonds is 51. The van der Waals surface area contributed by atoms with E-state index in [0.717, 1.165) is 135 Å². The van der Waals surface area contributed by atoms with Gasteiger partial charge in [0.2, 0.25) is 0 Å². The first-order valence-electron chi connectivity index (χ1n) is 28.7. The van der Waals surface area contributed by atoms with Gasteiger partial charge in [-0.3, -0.25) is 14.4 Å². The van der Waals surface area contributed by atoms with Gasteiger partial charge in [-0.1, -0.05) is 227 Å². The van der Waals surface area contributed by atoms with Crippen LogP contribution in [0.5, 0.6) is 0 Å². The molecule has 0 unspecified atom stereocenters. The Kier molecular flexibility index (Phi) is 53.9. The van der Waals surface area contributed by atoms with Gasteiger partial charge in [0, 0.05) is 19.3 Å². The highest BCUT2D eigenvalue weighted by Gasteiger charge is 2.19. The first kappa shape index (κ1) is 65.3. The van der Waals surface area contributed by atoms with Gasteiger partial charge in [-0.05, 0) is 116 Å². The van der Waals surface area contributed by atoms with E-state index in [1.54, 1.807) is 0 Å². The highest BCUT2D eigenvalue weighted by atomic mass is 16.6. The van der Waals surface area contributed by atoms with Gasteiger partial charge in [0.05, 0.1) is 0 Å². The largest absolute Gasteiger partial charge is 0.462 e. The van der Waals surface area contributed by atoms with E-state index in [9.17, 15) is 14.4 Å². The van der Waals surface area contributed by atoms with Gasteiger partial charge in [0.25, 0.3) is 0 Å². The molecule has 0 aliphatic rings. The average Bonchev–Trinajstić information content (AvgIpc) is 3.35. The van der Waals surface area contributed by atoms with Crippen molar-refractivity contribution in [3.05, 3.63) is 97.2 Å². The zero-order valence-electron chi connectivity index (χ0n) is 45.0. The third-order valence-corrected chi connectivity index (χ3v) is 12.1. The zero-order valence-corrected chi connectivity index (χ0v) is 45.0. The molecular formula is C63H106O6. The lowest BCUT2D eigenvalue weighted by Gasteiger charge is -2.18. The van der Waals surface area contributed by atoms with Crippen molar-refractivity contribution in [3.8, 4) is 0 Å². The van der Waals surface area contributed by atoms with Gasteiger partial charge in [-0.2, -0.15) is 0 Å². The third kappa shape index (κ3) is 55.1. The lowest BCUT2D eigenvalue weighted by atomic mass is 10.1. The highest BCUT2D eigenvalue weighted by Crippen LogP contribution is 2.15. The summed E-state index contributed by atoms with van der Waals surface area (Å²) in [6.07, 6.45) is 75.4. The Balaban J connectivity index is 4.44. The van der Waals surface area contributed by atoms with Crippen LogP contribution < -0.4 is 0 Å². The van der Waals surface area contributed by atoms with Crippen molar-refractivity contribution in [1.29, 1.82) is 0 Å². The van der Waals surface area contributed by atoms with Crippen molar-refractivity contribution < 1.29 is 28.6 Å². The van der Waals surface area contributed by atoms with Crippen LogP contribution in [0.1, 0.15) is 265 Å². The van der Waals surface area contributed by atoms with Crippen molar-refractivity contribution in [1.82, 2.24) is 0 Å². The molecule has 0 N–H and O–H groups in total. The molecule has 0 aromatic carbocycles. The predicted octanol–water partition coefficient (Wildman–Crippen LogP) is 19.3. The summed E-state index contributed by atoms with van der Waals surface area (Å²) in [5.74, 6) is -0.935. The van der Waals surface area contributed by atoms with E-state index in [2.05, 4.69) is 118 Å². The Hall–Kier alpha value is -3.67. The van der Waals surface area contributed by atoms with E-state index < -0.39 is 6.10 Å². The van der Waals surface area contributed by atoms with Gasteiger partial charge in [0.1, 0.15) is 13.2 Å². The van der Waals surface area contributed by atoms with Crippen molar-refractivity contribution in [2.75, 3.05) is 13.2 Å². The standard InChI is InChI=1S/C63H106O6/c1-4-7-10-13-16-19-22-25-28-30-31-33-35-38-41-44-47-50-53-56-62(65)68-59-60(58-67-61(64)55-52-49-46-43-40-37-34-27-24-21-18-15-12-9-6-3)69-63(66)57-54-51-48-45-42-39-36-32-29-26-23-20-17-14-11-8-5-2/h8-9,11-12,17-18,20-21,25-29,34,36,39,60H,4-7,10,13-16,19,22-24,30-33,35,37-38,40-59H2,1-3H3/b11-8-,12-9-,20-17-,21-18-,28-25-,29-26-,34-27-,39-36-/t60-/m1/s1. The number of carbonyl (C=O) groups excluding carboxylic acids is 3. The molecule has 394 valence electrons. The van der Waals surface area contributed by atoms with Gasteiger partial charge in [0.15, 0.2) is 6.10 Å². The normalized spacial score (nSPS) is 12.8. The van der Waals surface area contributed by atoms with E-state index in [4.69, 9.17) is 14.2 Å². The Morgan fingerprint density at radius 2 is 0.565 bits per heavy atom. The SMILES string of the molecule is CC/C=C\C/C=C\C/C=C\C/C=C\CCCCCCC(=O)O[C@H](COC(=O)CCCCCCC/C=C\C/C=C\C/C=C\CC)COC(=O)CCCCCCCCCCC/C=C\CCCCCCCC. The molecule has 0 saturated carbocycles. The summed E-state index contributed by atoms with van der Waals surface area (Å²) in [5.41, 5.74) is 0. The maximum Gasteiger partial charge on any atom is 0.306 e. The molecular weight excluding hydrogens is 853 g/mol. The molecule has 0 bridgehead atoms. The summed E-state index contributed by atoms with van der Waals surface area (Å²) in [4.78, 5) is 38.2. The van der Waals surface area contributed by atoms with E-state index in [0.29, 0.717) is 19.3 Å². The minimum Gasteiger partial charge on any atom is -0.462 e. The molecule has 69 heavy (non-hydrogen) atoms. The monoisotopic (exact) mass is 959 g/mol. The minimum absolute atomic E-state index is 0.0946. The lowest BCUT2D eigenvalue weighted by Crippen LogP contribution is -2.30. The maximum absolute atomic E-state index is 12.9. The van der Waals surface area contributed by atoms with Crippen LogP contribution in [0.15, 0.2) is 97.2 Å². The van der Waals surface area contributed by atoms with E-state index in [1.165, 1.54) is 89.9 Å². The molecule has 0 aliphatic carbocycles. The summed E-state index contributed by atoms with van der Waals surface area (Å²) < 4.78 is 16.8.